The van der Waals surface area contributed by atoms with Gasteiger partial charge in [0.1, 0.15) is 8.07 Å². The van der Waals surface area contributed by atoms with E-state index >= 15 is 0 Å². The van der Waals surface area contributed by atoms with Crippen LogP contribution in [0.5, 0.6) is 0 Å². The molecule has 0 aromatic heterocycles. The Kier molecular flexibility index (Phi) is 14.3. The van der Waals surface area contributed by atoms with E-state index in [1.54, 1.807) is 0 Å². The van der Waals surface area contributed by atoms with Gasteiger partial charge in [-0.2, -0.15) is 12.1 Å². The van der Waals surface area contributed by atoms with Crippen molar-refractivity contribution in [3.63, 3.8) is 0 Å². The number of hydrogen-bond donors (Lipinski definition) is 0. The Morgan fingerprint density at radius 3 is 1.25 bits per heavy atom. The van der Waals surface area contributed by atoms with Crippen molar-refractivity contribution < 1.29 is 14.7 Å². The van der Waals surface area contributed by atoms with Crippen LogP contribution in [0.3, 0.4) is 0 Å². The van der Waals surface area contributed by atoms with Crippen LogP contribution in [0.1, 0.15) is 76.0 Å². The van der Waals surface area contributed by atoms with Crippen LogP contribution >= 0.6 is 27.9 Å². The zero-order chi connectivity index (χ0) is 31.4. The van der Waals surface area contributed by atoms with Gasteiger partial charge in [0, 0.05) is 0 Å². The molecule has 0 unspecified atom stereocenters. The number of halogens is 3. The van der Waals surface area contributed by atoms with Gasteiger partial charge in [0.05, 0.1) is 0 Å². The Labute approximate surface area is 284 Å². The summed E-state index contributed by atoms with van der Waals surface area (Å²) >= 11 is -1.92. The van der Waals surface area contributed by atoms with E-state index in [1.165, 1.54) is 86.7 Å². The molecule has 0 amide bonds. The Bertz CT molecular complexity index is 1410. The summed E-state index contributed by atoms with van der Waals surface area (Å²) in [5, 5.41) is 8.68. The zero-order valence-corrected chi connectivity index (χ0v) is 31.2. The van der Waals surface area contributed by atoms with Crippen molar-refractivity contribution in [1.29, 1.82) is 0 Å². The van der Waals surface area contributed by atoms with Gasteiger partial charge in [0.25, 0.3) is 0 Å². The minimum atomic E-state index is -2.57. The Morgan fingerprint density at radius 2 is 0.886 bits per heavy atom. The molecule has 0 bridgehead atoms. The normalized spacial score (nSPS) is 11.3. The second kappa shape index (κ2) is 17.8. The van der Waals surface area contributed by atoms with Gasteiger partial charge >= 0.3 is 42.6 Å². The molecule has 0 radical (unpaired) electrons. The quantitative estimate of drug-likeness (QED) is 0.0654. The maximum atomic E-state index is 4.97. The summed E-state index contributed by atoms with van der Waals surface area (Å²) in [6.45, 7) is 6.84. The van der Waals surface area contributed by atoms with Gasteiger partial charge in [0.15, 0.2) is 0 Å². The molecule has 0 aliphatic rings. The van der Waals surface area contributed by atoms with E-state index in [9.17, 15) is 0 Å². The van der Waals surface area contributed by atoms with Crippen molar-refractivity contribution in [3.8, 4) is 0 Å². The summed E-state index contributed by atoms with van der Waals surface area (Å²) in [7, 11) is 12.3. The second-order valence-corrected chi connectivity index (χ2v) is 23.2. The number of hydrogen-bond acceptors (Lipinski definition) is 0. The van der Waals surface area contributed by atoms with E-state index in [1.807, 2.05) is 0 Å². The summed E-state index contributed by atoms with van der Waals surface area (Å²) in [6.07, 6.45) is 10.9. The first-order chi connectivity index (χ1) is 21.4. The van der Waals surface area contributed by atoms with E-state index in [0.717, 1.165) is 19.3 Å². The molecule has 0 atom stereocenters. The van der Waals surface area contributed by atoms with E-state index in [0.29, 0.717) is 0 Å². The fourth-order valence-electron chi connectivity index (χ4n) is 6.35. The first-order valence-corrected chi connectivity index (χ1v) is 24.6. The van der Waals surface area contributed by atoms with Gasteiger partial charge < -0.3 is 0 Å². The van der Waals surface area contributed by atoms with Crippen molar-refractivity contribution in [3.05, 3.63) is 126 Å². The van der Waals surface area contributed by atoms with Crippen LogP contribution in [-0.2, 0) is 34.0 Å². The standard InChI is InChI=1S/C39H45Si.3ClH.Ti/c1-4-7-12-31-17-24-35(25-18-31)40(36-26-19-32(20-27-36)13-8-5-2,37-28-21-33(22-29-37)14-9-6-3)39-30-23-34-15-10-11-16-38(34)39;;;;/h10-11,15-30H,4-9,12-14H2,1-3H3;3*1H;/q-1;;;;+4/p-3. The van der Waals surface area contributed by atoms with E-state index in [2.05, 4.69) is 130 Å². The molecule has 0 N–H and O–H groups in total. The Morgan fingerprint density at radius 1 is 0.523 bits per heavy atom. The Hall–Kier alpha value is -1.71. The maximum absolute atomic E-state index is 4.97. The zero-order valence-electron chi connectivity index (χ0n) is 26.4. The minimum absolute atomic E-state index is 1.16. The molecule has 0 aliphatic heterocycles. The molecule has 5 aromatic rings. The van der Waals surface area contributed by atoms with Crippen molar-refractivity contribution in [2.45, 2.75) is 78.6 Å². The molecule has 5 rings (SSSR count). The van der Waals surface area contributed by atoms with E-state index in [4.69, 9.17) is 27.9 Å². The van der Waals surface area contributed by atoms with Crippen LogP contribution < -0.4 is 20.7 Å². The van der Waals surface area contributed by atoms with Crippen LogP contribution in [0.4, 0.5) is 0 Å². The SMILES string of the molecule is CCCCc1ccc([Si](c2ccc(CCCC)cc2)(c2ccc(CCCC)cc2)[c-]2ccc3ccccc32)cc1.[Cl][Ti+]([Cl])[Cl]. The van der Waals surface area contributed by atoms with Crippen molar-refractivity contribution >= 4 is 67.5 Å². The monoisotopic (exact) mass is 694 g/mol. The fourth-order valence-corrected chi connectivity index (χ4v) is 11.2. The molecule has 0 saturated heterocycles. The first-order valence-electron chi connectivity index (χ1n) is 16.2. The molecule has 5 heteroatoms. The Balaban J connectivity index is 0.00000104. The number of benzene rings is 4. The summed E-state index contributed by atoms with van der Waals surface area (Å²) in [5.74, 6) is 0. The topological polar surface area (TPSA) is 0 Å². The van der Waals surface area contributed by atoms with Crippen LogP contribution in [0.15, 0.2) is 109 Å². The molecule has 5 aromatic carbocycles. The van der Waals surface area contributed by atoms with Crippen molar-refractivity contribution in [2.24, 2.45) is 0 Å². The van der Waals surface area contributed by atoms with Crippen LogP contribution in [-0.4, -0.2) is 8.07 Å². The summed E-state index contributed by atoms with van der Waals surface area (Å²) < 4.78 is 0. The molecule has 0 heterocycles. The third kappa shape index (κ3) is 8.75. The van der Waals surface area contributed by atoms with Gasteiger partial charge in [-0.05, 0) is 55.2 Å². The molecular formula is C39H45Cl3SiTi. The van der Waals surface area contributed by atoms with E-state index in [-0.39, 0.29) is 0 Å². The third-order valence-electron chi connectivity index (χ3n) is 8.70. The number of rotatable bonds is 13. The van der Waals surface area contributed by atoms with E-state index < -0.39 is 22.8 Å². The molecule has 0 spiro atoms. The molecule has 44 heavy (non-hydrogen) atoms. The average molecular weight is 696 g/mol. The second-order valence-electron chi connectivity index (χ2n) is 11.7. The average Bonchev–Trinajstić information content (AvgIpc) is 3.48. The fraction of sp³-hybridized carbons (Fsp3) is 0.308. The molecule has 0 saturated carbocycles. The van der Waals surface area contributed by atoms with Crippen molar-refractivity contribution in [1.82, 2.24) is 0 Å². The summed E-state index contributed by atoms with van der Waals surface area (Å²) in [6, 6.07) is 43.0. The predicted molar refractivity (Wildman–Crippen MR) is 197 cm³/mol. The van der Waals surface area contributed by atoms with Crippen LogP contribution in [0.25, 0.3) is 10.8 Å². The van der Waals surface area contributed by atoms with Gasteiger partial charge in [-0.25, -0.2) is 0 Å². The van der Waals surface area contributed by atoms with Crippen LogP contribution in [0.2, 0.25) is 0 Å². The third-order valence-corrected chi connectivity index (χ3v) is 13.5. The van der Waals surface area contributed by atoms with Crippen molar-refractivity contribution in [2.75, 3.05) is 0 Å². The first kappa shape index (κ1) is 35.2. The van der Waals surface area contributed by atoms with Gasteiger partial charge in [-0.1, -0.05) is 134 Å². The number of fused-ring (bicyclic) bond motifs is 1. The molecule has 0 nitrogen and oxygen atoms in total. The van der Waals surface area contributed by atoms with Gasteiger partial charge in [-0.3, -0.25) is 0 Å². The predicted octanol–water partition coefficient (Wildman–Crippen LogP) is 10.0. The molecule has 0 fully saturated rings. The number of unbranched alkanes of at least 4 members (excludes halogenated alkanes) is 3. The summed E-state index contributed by atoms with van der Waals surface area (Å²) in [5.41, 5.74) is 4.35. The molecular weight excluding hydrogens is 651 g/mol. The van der Waals surface area contributed by atoms with Gasteiger partial charge in [-0.15, -0.1) is 34.2 Å². The molecule has 0 aliphatic carbocycles. The summed E-state index contributed by atoms with van der Waals surface area (Å²) in [4.78, 5) is 0. The number of aryl methyl sites for hydroxylation is 3. The molecule has 230 valence electrons. The van der Waals surface area contributed by atoms with Crippen LogP contribution in [0, 0.1) is 0 Å². The van der Waals surface area contributed by atoms with Gasteiger partial charge in [0.2, 0.25) is 0 Å².